The first-order valence-electron chi connectivity index (χ1n) is 13.7. The van der Waals surface area contributed by atoms with Crippen molar-refractivity contribution in [3.63, 3.8) is 0 Å². The molecule has 1 heterocycles. The van der Waals surface area contributed by atoms with Crippen LogP contribution in [0.2, 0.25) is 0 Å². The topological polar surface area (TPSA) is 29.5 Å². The van der Waals surface area contributed by atoms with Crippen LogP contribution in [0.3, 0.4) is 0 Å². The van der Waals surface area contributed by atoms with Crippen LogP contribution >= 0.6 is 0 Å². The molecule has 0 saturated heterocycles. The lowest BCUT2D eigenvalue weighted by molar-refractivity contribution is -0.127. The van der Waals surface area contributed by atoms with Crippen molar-refractivity contribution >= 4 is 17.7 Å². The summed E-state index contributed by atoms with van der Waals surface area (Å²) in [5, 5.41) is 2.13. The lowest BCUT2D eigenvalue weighted by Gasteiger charge is -2.20. The number of hydrogen-bond donors (Lipinski definition) is 0. The number of fused-ring (bicyclic) bond motifs is 2. The van der Waals surface area contributed by atoms with Gasteiger partial charge in [0, 0.05) is 24.4 Å². The van der Waals surface area contributed by atoms with Gasteiger partial charge in [-0.2, -0.15) is 0 Å². The minimum absolute atomic E-state index is 0.182. The molecule has 1 aliphatic heterocycles. The van der Waals surface area contributed by atoms with Crippen molar-refractivity contribution in [1.82, 2.24) is 4.90 Å². The third-order valence-corrected chi connectivity index (χ3v) is 7.39. The molecule has 37 heavy (non-hydrogen) atoms. The van der Waals surface area contributed by atoms with Crippen molar-refractivity contribution in [2.75, 3.05) is 7.05 Å². The first-order valence-corrected chi connectivity index (χ1v) is 13.7. The fraction of sp³-hybridized carbons (Fsp3) is 0.382. The number of nitrogens with zero attached hydrogens (tertiary/aromatic N) is 1. The van der Waals surface area contributed by atoms with Gasteiger partial charge in [0.25, 0.3) is 0 Å². The van der Waals surface area contributed by atoms with E-state index in [1.165, 1.54) is 22.3 Å². The third-order valence-electron chi connectivity index (χ3n) is 7.39. The minimum atomic E-state index is 0.182. The van der Waals surface area contributed by atoms with Crippen LogP contribution in [-0.4, -0.2) is 17.9 Å². The van der Waals surface area contributed by atoms with Gasteiger partial charge in [0.1, 0.15) is 12.4 Å². The number of rotatable bonds is 8. The summed E-state index contributed by atoms with van der Waals surface area (Å²) in [5.74, 6) is 1.05. The van der Waals surface area contributed by atoms with E-state index in [2.05, 4.69) is 94.4 Å². The molecule has 1 amide bonds. The molecule has 0 saturated carbocycles. The Morgan fingerprint density at radius 2 is 1.70 bits per heavy atom. The largest absolute Gasteiger partial charge is 0.488 e. The van der Waals surface area contributed by atoms with Crippen LogP contribution in [-0.2, 0) is 23.2 Å². The molecule has 4 rings (SSSR count). The summed E-state index contributed by atoms with van der Waals surface area (Å²) >= 11 is 0. The molecule has 0 radical (unpaired) electrons. The quantitative estimate of drug-likeness (QED) is 0.335. The average Bonchev–Trinajstić information content (AvgIpc) is 3.07. The number of aryl methyl sites for hydroxylation is 1. The number of carbonyl (C=O) groups excluding carboxylic acids is 1. The summed E-state index contributed by atoms with van der Waals surface area (Å²) in [6.45, 7) is 9.40. The monoisotopic (exact) mass is 495 g/mol. The summed E-state index contributed by atoms with van der Waals surface area (Å²) < 4.78 is 6.15. The van der Waals surface area contributed by atoms with Crippen LogP contribution in [0.15, 0.2) is 66.7 Å². The second kappa shape index (κ2) is 11.8. The summed E-state index contributed by atoms with van der Waals surface area (Å²) in [5.41, 5.74) is 6.37. The summed E-state index contributed by atoms with van der Waals surface area (Å²) in [6.07, 6.45) is 7.70. The number of benzene rings is 3. The summed E-state index contributed by atoms with van der Waals surface area (Å²) in [6, 6.07) is 23.7. The Balaban J connectivity index is 1.35. The number of carbonyl (C=O) groups is 1. The first-order chi connectivity index (χ1) is 17.8. The van der Waals surface area contributed by atoms with Crippen LogP contribution in [0.5, 0.6) is 5.75 Å². The lowest BCUT2D eigenvalue weighted by atomic mass is 9.86. The van der Waals surface area contributed by atoms with Gasteiger partial charge in [0.05, 0.1) is 0 Å². The molecule has 0 bridgehead atoms. The van der Waals surface area contributed by atoms with Gasteiger partial charge in [-0.3, -0.25) is 4.79 Å². The molecule has 0 N–H and O–H groups in total. The molecule has 3 aromatic carbocycles. The maximum Gasteiger partial charge on any atom is 0.226 e. The van der Waals surface area contributed by atoms with Crippen molar-refractivity contribution in [2.45, 2.75) is 78.2 Å². The van der Waals surface area contributed by atoms with E-state index < -0.39 is 0 Å². The Bertz CT molecular complexity index is 1350. The molecule has 0 aliphatic carbocycles. The van der Waals surface area contributed by atoms with Crippen LogP contribution in [0.25, 0.3) is 11.8 Å². The molecule has 0 aromatic heterocycles. The Morgan fingerprint density at radius 1 is 0.946 bits per heavy atom. The smallest absolute Gasteiger partial charge is 0.226 e. The highest BCUT2D eigenvalue weighted by Crippen LogP contribution is 2.23. The summed E-state index contributed by atoms with van der Waals surface area (Å²) in [4.78, 5) is 14.9. The number of amides is 1. The van der Waals surface area contributed by atoms with E-state index in [1.54, 1.807) is 0 Å². The maximum absolute atomic E-state index is 13.0. The molecule has 1 aliphatic rings. The molecule has 194 valence electrons. The van der Waals surface area contributed by atoms with Gasteiger partial charge >= 0.3 is 0 Å². The highest BCUT2D eigenvalue weighted by molar-refractivity contribution is 5.82. The fourth-order valence-electron chi connectivity index (χ4n) is 4.99. The van der Waals surface area contributed by atoms with Crippen molar-refractivity contribution in [3.05, 3.63) is 99.4 Å². The van der Waals surface area contributed by atoms with E-state index in [1.807, 2.05) is 18.0 Å². The van der Waals surface area contributed by atoms with Crippen molar-refractivity contribution in [1.29, 1.82) is 0 Å². The molecular formula is C34H41NO2. The van der Waals surface area contributed by atoms with Gasteiger partial charge in [-0.15, -0.1) is 0 Å². The molecule has 3 heteroatoms. The predicted molar refractivity (Wildman–Crippen MR) is 154 cm³/mol. The van der Waals surface area contributed by atoms with Gasteiger partial charge < -0.3 is 9.64 Å². The van der Waals surface area contributed by atoms with E-state index in [0.29, 0.717) is 13.0 Å². The number of hydrogen-bond acceptors (Lipinski definition) is 2. The number of ether oxygens (including phenoxy) is 1. The zero-order valence-electron chi connectivity index (χ0n) is 23.1. The second-order valence-corrected chi connectivity index (χ2v) is 11.1. The van der Waals surface area contributed by atoms with Gasteiger partial charge in [-0.25, -0.2) is 0 Å². The molecule has 3 nitrogen and oxygen atoms in total. The first kappa shape index (κ1) is 26.7. The lowest BCUT2D eigenvalue weighted by Crippen LogP contribution is -2.29. The van der Waals surface area contributed by atoms with Crippen molar-refractivity contribution < 1.29 is 9.53 Å². The Hall–Kier alpha value is -3.33. The highest BCUT2D eigenvalue weighted by Gasteiger charge is 2.15. The van der Waals surface area contributed by atoms with Crippen LogP contribution in [0.1, 0.15) is 82.1 Å². The SMILES string of the molecule is CCC(=c1ccc2c(c1)OCc1ccccc1C=2)N(C)C(=O)CCCCCc1ccc(C(C)(C)C)cc1. The van der Waals surface area contributed by atoms with E-state index >= 15 is 0 Å². The summed E-state index contributed by atoms with van der Waals surface area (Å²) in [7, 11) is 1.91. The standard InChI is InChI=1S/C34H41NO2/c1-6-31(27-18-19-28-22-26-13-10-11-14-29(26)24-37-32(28)23-27)35(5)33(36)15-9-7-8-12-25-16-20-30(21-17-25)34(2,3)4/h10-11,13-14,16-23H,6-9,12,15,24H2,1-5H3. The Kier molecular flexibility index (Phi) is 8.53. The average molecular weight is 496 g/mol. The molecule has 3 aromatic rings. The molecule has 0 atom stereocenters. The van der Waals surface area contributed by atoms with Gasteiger partial charge in [-0.1, -0.05) is 94.8 Å². The maximum atomic E-state index is 13.0. The normalized spacial score (nSPS) is 13.4. The van der Waals surface area contributed by atoms with E-state index in [-0.39, 0.29) is 11.3 Å². The molecular weight excluding hydrogens is 454 g/mol. The van der Waals surface area contributed by atoms with Gasteiger partial charge in [0.2, 0.25) is 5.91 Å². The molecule has 0 unspecified atom stereocenters. The zero-order chi connectivity index (χ0) is 26.4. The van der Waals surface area contributed by atoms with Crippen molar-refractivity contribution in [2.24, 2.45) is 0 Å². The number of unbranched alkanes of at least 4 members (excludes halogenated alkanes) is 2. The van der Waals surface area contributed by atoms with Gasteiger partial charge in [0.15, 0.2) is 0 Å². The fourth-order valence-corrected chi connectivity index (χ4v) is 4.99. The second-order valence-electron chi connectivity index (χ2n) is 11.1. The third kappa shape index (κ3) is 6.71. The van der Waals surface area contributed by atoms with Crippen LogP contribution < -0.4 is 15.2 Å². The molecule has 0 fully saturated rings. The van der Waals surface area contributed by atoms with E-state index in [4.69, 9.17) is 4.74 Å². The minimum Gasteiger partial charge on any atom is -0.488 e. The van der Waals surface area contributed by atoms with Crippen molar-refractivity contribution in [3.8, 4) is 5.75 Å². The highest BCUT2D eigenvalue weighted by atomic mass is 16.5. The van der Waals surface area contributed by atoms with Crippen LogP contribution in [0.4, 0.5) is 0 Å². The Labute approximate surface area is 222 Å². The molecule has 0 spiro atoms. The van der Waals surface area contributed by atoms with Gasteiger partial charge in [-0.05, 0) is 70.7 Å². The van der Waals surface area contributed by atoms with E-state index in [9.17, 15) is 4.79 Å². The van der Waals surface area contributed by atoms with E-state index in [0.717, 1.165) is 54.0 Å². The van der Waals surface area contributed by atoms with Crippen LogP contribution in [0, 0.1) is 0 Å². The predicted octanol–water partition coefficient (Wildman–Crippen LogP) is 6.49. The zero-order valence-corrected chi connectivity index (χ0v) is 23.1. The Morgan fingerprint density at radius 3 is 2.43 bits per heavy atom.